The van der Waals surface area contributed by atoms with Crippen LogP contribution >= 0.6 is 23.2 Å². The molecule has 1 aliphatic heterocycles. The molecule has 1 N–H and O–H groups in total. The van der Waals surface area contributed by atoms with Crippen LogP contribution in [-0.4, -0.2) is 18.2 Å². The number of halogens is 3. The maximum atomic E-state index is 13.2. The Labute approximate surface area is 116 Å². The van der Waals surface area contributed by atoms with E-state index in [1.807, 2.05) is 0 Å². The van der Waals surface area contributed by atoms with Crippen molar-refractivity contribution in [2.75, 3.05) is 11.9 Å². The molecule has 1 unspecified atom stereocenters. The molecule has 0 bridgehead atoms. The second-order valence-corrected chi connectivity index (χ2v) is 5.99. The van der Waals surface area contributed by atoms with Gasteiger partial charge in [-0.25, -0.2) is 4.39 Å². The van der Waals surface area contributed by atoms with Crippen LogP contribution in [0.3, 0.4) is 0 Å². The van der Waals surface area contributed by atoms with E-state index in [0.717, 1.165) is 12.8 Å². The first kappa shape index (κ1) is 13.9. The van der Waals surface area contributed by atoms with Crippen LogP contribution in [0.2, 0.25) is 10.0 Å². The van der Waals surface area contributed by atoms with Gasteiger partial charge in [0.05, 0.1) is 21.8 Å². The van der Waals surface area contributed by atoms with E-state index in [-0.39, 0.29) is 21.8 Å². The molecule has 1 aromatic rings. The zero-order valence-corrected chi connectivity index (χ0v) is 11.9. The van der Waals surface area contributed by atoms with Crippen molar-refractivity contribution in [3.63, 3.8) is 0 Å². The van der Waals surface area contributed by atoms with Crippen molar-refractivity contribution in [2.45, 2.75) is 38.4 Å². The molecule has 1 fully saturated rings. The van der Waals surface area contributed by atoms with Gasteiger partial charge in [-0.3, -0.25) is 0 Å². The van der Waals surface area contributed by atoms with E-state index >= 15 is 0 Å². The molecule has 100 valence electrons. The van der Waals surface area contributed by atoms with E-state index in [1.54, 1.807) is 0 Å². The standard InChI is InChI=1S/C13H16Cl2FNO/c1-13(2)4-3-9(18-13)7-17-8-5-10(14)12(16)11(15)6-8/h5-6,9,17H,3-4,7H2,1-2H3. The van der Waals surface area contributed by atoms with Crippen LogP contribution in [0.25, 0.3) is 0 Å². The minimum atomic E-state index is -0.581. The summed E-state index contributed by atoms with van der Waals surface area (Å²) in [5.74, 6) is -0.581. The molecule has 0 aliphatic carbocycles. The topological polar surface area (TPSA) is 21.3 Å². The molecule has 5 heteroatoms. The lowest BCUT2D eigenvalue weighted by molar-refractivity contribution is -0.00910. The summed E-state index contributed by atoms with van der Waals surface area (Å²) in [5, 5.41) is 3.22. The number of benzene rings is 1. The van der Waals surface area contributed by atoms with E-state index in [2.05, 4.69) is 19.2 Å². The third kappa shape index (κ3) is 3.28. The van der Waals surface area contributed by atoms with Crippen LogP contribution in [0.4, 0.5) is 10.1 Å². The molecule has 0 spiro atoms. The molecule has 1 atom stereocenters. The number of rotatable bonds is 3. The average Bonchev–Trinajstić information content (AvgIpc) is 2.63. The molecule has 1 aromatic carbocycles. The fourth-order valence-electron chi connectivity index (χ4n) is 2.11. The van der Waals surface area contributed by atoms with Crippen molar-refractivity contribution in [3.05, 3.63) is 28.0 Å². The second kappa shape index (κ2) is 5.24. The Kier molecular flexibility index (Phi) is 4.05. The number of ether oxygens (including phenoxy) is 1. The van der Waals surface area contributed by atoms with E-state index in [9.17, 15) is 4.39 Å². The Morgan fingerprint density at radius 3 is 2.50 bits per heavy atom. The number of anilines is 1. The zero-order valence-electron chi connectivity index (χ0n) is 10.4. The third-order valence-corrected chi connectivity index (χ3v) is 3.62. The summed E-state index contributed by atoms with van der Waals surface area (Å²) >= 11 is 11.5. The van der Waals surface area contributed by atoms with Gasteiger partial charge < -0.3 is 10.1 Å². The first-order valence-electron chi connectivity index (χ1n) is 5.94. The van der Waals surface area contributed by atoms with Gasteiger partial charge in [-0.2, -0.15) is 0 Å². The molecule has 18 heavy (non-hydrogen) atoms. The lowest BCUT2D eigenvalue weighted by atomic mass is 10.1. The van der Waals surface area contributed by atoms with Gasteiger partial charge in [0.2, 0.25) is 0 Å². The summed E-state index contributed by atoms with van der Waals surface area (Å²) < 4.78 is 19.1. The predicted molar refractivity (Wildman–Crippen MR) is 73.1 cm³/mol. The molecular weight excluding hydrogens is 276 g/mol. The quantitative estimate of drug-likeness (QED) is 0.828. The van der Waals surface area contributed by atoms with Crippen LogP contribution in [0.15, 0.2) is 12.1 Å². The summed E-state index contributed by atoms with van der Waals surface area (Å²) in [4.78, 5) is 0. The van der Waals surface area contributed by atoms with Crippen molar-refractivity contribution in [3.8, 4) is 0 Å². The highest BCUT2D eigenvalue weighted by atomic mass is 35.5. The lowest BCUT2D eigenvalue weighted by Crippen LogP contribution is -2.24. The molecule has 0 aromatic heterocycles. The van der Waals surface area contributed by atoms with Crippen LogP contribution in [0.5, 0.6) is 0 Å². The van der Waals surface area contributed by atoms with Gasteiger partial charge >= 0.3 is 0 Å². The Hall–Kier alpha value is -0.510. The lowest BCUT2D eigenvalue weighted by Gasteiger charge is -2.20. The highest BCUT2D eigenvalue weighted by Crippen LogP contribution is 2.30. The summed E-state index contributed by atoms with van der Waals surface area (Å²) in [6, 6.07) is 3.06. The zero-order chi connectivity index (χ0) is 13.3. The van der Waals surface area contributed by atoms with Crippen molar-refractivity contribution in [1.82, 2.24) is 0 Å². The number of hydrogen-bond donors (Lipinski definition) is 1. The average molecular weight is 292 g/mol. The maximum absolute atomic E-state index is 13.2. The number of nitrogens with one attached hydrogen (secondary N) is 1. The molecule has 1 aliphatic rings. The summed E-state index contributed by atoms with van der Waals surface area (Å²) in [5.41, 5.74) is 0.657. The monoisotopic (exact) mass is 291 g/mol. The predicted octanol–water partition coefficient (Wildman–Crippen LogP) is 4.50. The molecule has 0 radical (unpaired) electrons. The van der Waals surface area contributed by atoms with Crippen molar-refractivity contribution < 1.29 is 9.13 Å². The Morgan fingerprint density at radius 1 is 1.39 bits per heavy atom. The van der Waals surface area contributed by atoms with Gasteiger partial charge in [-0.1, -0.05) is 23.2 Å². The largest absolute Gasteiger partial charge is 0.382 e. The first-order chi connectivity index (χ1) is 8.37. The van der Waals surface area contributed by atoms with Gasteiger partial charge in [0.15, 0.2) is 5.82 Å². The summed E-state index contributed by atoms with van der Waals surface area (Å²) in [6.45, 7) is 4.83. The van der Waals surface area contributed by atoms with Crippen LogP contribution in [0.1, 0.15) is 26.7 Å². The molecule has 2 nitrogen and oxygen atoms in total. The highest BCUT2D eigenvalue weighted by molar-refractivity contribution is 6.35. The normalized spacial score (nSPS) is 22.2. The molecule has 1 heterocycles. The Bertz CT molecular complexity index is 428. The van der Waals surface area contributed by atoms with Gasteiger partial charge in [0.1, 0.15) is 0 Å². The van der Waals surface area contributed by atoms with Gasteiger partial charge in [-0.15, -0.1) is 0 Å². The third-order valence-electron chi connectivity index (χ3n) is 3.07. The van der Waals surface area contributed by atoms with Crippen molar-refractivity contribution in [1.29, 1.82) is 0 Å². The van der Waals surface area contributed by atoms with Gasteiger partial charge in [0.25, 0.3) is 0 Å². The van der Waals surface area contributed by atoms with Gasteiger partial charge in [-0.05, 0) is 38.8 Å². The van der Waals surface area contributed by atoms with E-state index < -0.39 is 5.82 Å². The van der Waals surface area contributed by atoms with Gasteiger partial charge in [0, 0.05) is 12.2 Å². The van der Waals surface area contributed by atoms with Crippen LogP contribution in [-0.2, 0) is 4.74 Å². The molecule has 0 saturated carbocycles. The van der Waals surface area contributed by atoms with Crippen molar-refractivity contribution in [2.24, 2.45) is 0 Å². The van der Waals surface area contributed by atoms with Crippen molar-refractivity contribution >= 4 is 28.9 Å². The van der Waals surface area contributed by atoms with Crippen LogP contribution in [0, 0.1) is 5.82 Å². The minimum absolute atomic E-state index is 0.0256. The van der Waals surface area contributed by atoms with Crippen LogP contribution < -0.4 is 5.32 Å². The minimum Gasteiger partial charge on any atom is -0.382 e. The fourth-order valence-corrected chi connectivity index (χ4v) is 2.60. The second-order valence-electron chi connectivity index (χ2n) is 5.17. The number of hydrogen-bond acceptors (Lipinski definition) is 2. The maximum Gasteiger partial charge on any atom is 0.160 e. The first-order valence-corrected chi connectivity index (χ1v) is 6.69. The summed E-state index contributed by atoms with van der Waals surface area (Å²) in [6.07, 6.45) is 2.23. The molecule has 0 amide bonds. The molecular formula is C13H16Cl2FNO. The molecule has 2 rings (SSSR count). The van der Waals surface area contributed by atoms with E-state index in [4.69, 9.17) is 27.9 Å². The van der Waals surface area contributed by atoms with E-state index in [0.29, 0.717) is 12.2 Å². The SMILES string of the molecule is CC1(C)CCC(CNc2cc(Cl)c(F)c(Cl)c2)O1. The summed E-state index contributed by atoms with van der Waals surface area (Å²) in [7, 11) is 0. The fraction of sp³-hybridized carbons (Fsp3) is 0.538. The highest BCUT2D eigenvalue weighted by Gasteiger charge is 2.31. The Balaban J connectivity index is 1.95. The molecule has 1 saturated heterocycles. The Morgan fingerprint density at radius 2 is 2.00 bits per heavy atom. The smallest absolute Gasteiger partial charge is 0.160 e. The van der Waals surface area contributed by atoms with E-state index in [1.165, 1.54) is 12.1 Å².